The number of carbonyl (C=O) groups excluding carboxylic acids is 3. The summed E-state index contributed by atoms with van der Waals surface area (Å²) in [6, 6.07) is 7.95. The lowest BCUT2D eigenvalue weighted by Crippen LogP contribution is -2.45. The number of halogens is 3. The number of amides is 4. The van der Waals surface area contributed by atoms with Gasteiger partial charge in [0.2, 0.25) is 5.91 Å². The molecule has 0 spiro atoms. The highest BCUT2D eigenvalue weighted by atomic mass is 19.2. The molecule has 2 N–H and O–H groups in total. The van der Waals surface area contributed by atoms with Crippen molar-refractivity contribution in [3.8, 4) is 5.75 Å². The number of carbonyl (C=O) groups is 3. The van der Waals surface area contributed by atoms with Crippen molar-refractivity contribution in [2.75, 3.05) is 19.0 Å². The van der Waals surface area contributed by atoms with Gasteiger partial charge in [0.1, 0.15) is 17.8 Å². The van der Waals surface area contributed by atoms with Crippen LogP contribution in [0, 0.1) is 17.5 Å². The fourth-order valence-electron chi connectivity index (χ4n) is 3.20. The summed E-state index contributed by atoms with van der Waals surface area (Å²) in [6.45, 7) is 0.838. The summed E-state index contributed by atoms with van der Waals surface area (Å²) in [5.41, 5.74) is -0.905. The Balaban J connectivity index is 1.63. The van der Waals surface area contributed by atoms with Crippen LogP contribution < -0.4 is 15.4 Å². The molecule has 1 atom stereocenters. The van der Waals surface area contributed by atoms with Crippen molar-refractivity contribution in [3.63, 3.8) is 0 Å². The van der Waals surface area contributed by atoms with Crippen molar-refractivity contribution >= 4 is 23.5 Å². The Bertz CT molecular complexity index is 1030. The van der Waals surface area contributed by atoms with Crippen molar-refractivity contribution in [1.29, 1.82) is 0 Å². The molecular formula is C21H20F3N3O4. The SMILES string of the molecule is COc1ccc(CCC2(C)NC(=O)N(CC(=O)Nc3ccc(F)c(F)c3F)C2=O)cc1. The quantitative estimate of drug-likeness (QED) is 0.517. The maximum atomic E-state index is 13.7. The highest BCUT2D eigenvalue weighted by molar-refractivity contribution is 6.09. The second-order valence-electron chi connectivity index (χ2n) is 7.27. The molecule has 0 bridgehead atoms. The maximum absolute atomic E-state index is 13.7. The number of imide groups is 1. The predicted octanol–water partition coefficient (Wildman–Crippen LogP) is 2.99. The van der Waals surface area contributed by atoms with Crippen LogP contribution in [0.25, 0.3) is 0 Å². The second kappa shape index (κ2) is 8.66. The summed E-state index contributed by atoms with van der Waals surface area (Å²) in [5.74, 6) is -5.58. The van der Waals surface area contributed by atoms with E-state index >= 15 is 0 Å². The van der Waals surface area contributed by atoms with Crippen LogP contribution in [-0.4, -0.2) is 41.9 Å². The lowest BCUT2D eigenvalue weighted by Gasteiger charge is -2.21. The number of anilines is 1. The van der Waals surface area contributed by atoms with Crippen molar-refractivity contribution in [2.45, 2.75) is 25.3 Å². The summed E-state index contributed by atoms with van der Waals surface area (Å²) >= 11 is 0. The molecule has 2 aromatic rings. The minimum absolute atomic E-state index is 0.278. The van der Waals surface area contributed by atoms with E-state index in [0.717, 1.165) is 11.6 Å². The van der Waals surface area contributed by atoms with Crippen LogP contribution in [0.3, 0.4) is 0 Å². The third kappa shape index (κ3) is 4.62. The average Bonchev–Trinajstić information content (AvgIpc) is 2.96. The first-order valence-corrected chi connectivity index (χ1v) is 9.35. The van der Waals surface area contributed by atoms with E-state index in [1.807, 2.05) is 17.4 Å². The number of ether oxygens (including phenoxy) is 1. The molecule has 7 nitrogen and oxygen atoms in total. The van der Waals surface area contributed by atoms with Crippen molar-refractivity contribution in [1.82, 2.24) is 10.2 Å². The summed E-state index contributed by atoms with van der Waals surface area (Å²) in [6.07, 6.45) is 0.756. The molecule has 1 fully saturated rings. The Morgan fingerprint density at radius 1 is 1.10 bits per heavy atom. The Hall–Kier alpha value is -3.56. The molecule has 0 aromatic heterocycles. The van der Waals surface area contributed by atoms with Gasteiger partial charge in [0, 0.05) is 0 Å². The van der Waals surface area contributed by atoms with E-state index in [0.29, 0.717) is 23.1 Å². The highest BCUT2D eigenvalue weighted by Gasteiger charge is 2.47. The Kier molecular flexibility index (Phi) is 6.19. The number of nitrogens with zero attached hydrogens (tertiary/aromatic N) is 1. The second-order valence-corrected chi connectivity index (χ2v) is 7.27. The molecule has 3 rings (SSSR count). The molecule has 1 unspecified atom stereocenters. The normalized spacial score (nSPS) is 18.2. The molecule has 1 aliphatic heterocycles. The van der Waals surface area contributed by atoms with Gasteiger partial charge in [0.25, 0.3) is 5.91 Å². The zero-order valence-electron chi connectivity index (χ0n) is 16.8. The Morgan fingerprint density at radius 3 is 2.42 bits per heavy atom. The summed E-state index contributed by atoms with van der Waals surface area (Å²) in [4.78, 5) is 37.9. The molecule has 31 heavy (non-hydrogen) atoms. The van der Waals surface area contributed by atoms with Gasteiger partial charge in [0.15, 0.2) is 17.5 Å². The van der Waals surface area contributed by atoms with Crippen LogP contribution in [0.5, 0.6) is 5.75 Å². The molecule has 1 heterocycles. The van der Waals surface area contributed by atoms with Gasteiger partial charge in [-0.2, -0.15) is 0 Å². The van der Waals surface area contributed by atoms with Crippen LogP contribution in [0.2, 0.25) is 0 Å². The van der Waals surface area contributed by atoms with E-state index in [2.05, 4.69) is 5.32 Å². The van der Waals surface area contributed by atoms with Crippen molar-refractivity contribution in [3.05, 3.63) is 59.4 Å². The fraction of sp³-hybridized carbons (Fsp3) is 0.286. The number of methoxy groups -OCH3 is 1. The first-order valence-electron chi connectivity index (χ1n) is 9.35. The molecule has 1 saturated heterocycles. The molecule has 164 valence electrons. The van der Waals surface area contributed by atoms with Gasteiger partial charge in [0.05, 0.1) is 12.8 Å². The molecule has 2 aromatic carbocycles. The van der Waals surface area contributed by atoms with Gasteiger partial charge in [-0.1, -0.05) is 12.1 Å². The maximum Gasteiger partial charge on any atom is 0.325 e. The van der Waals surface area contributed by atoms with E-state index in [1.165, 1.54) is 0 Å². The van der Waals surface area contributed by atoms with Gasteiger partial charge < -0.3 is 15.4 Å². The number of hydrogen-bond acceptors (Lipinski definition) is 4. The van der Waals surface area contributed by atoms with Crippen LogP contribution >= 0.6 is 0 Å². The molecule has 0 saturated carbocycles. The number of aryl methyl sites for hydroxylation is 1. The monoisotopic (exact) mass is 435 g/mol. The van der Waals surface area contributed by atoms with E-state index < -0.39 is 53.1 Å². The number of hydrogen-bond donors (Lipinski definition) is 2. The lowest BCUT2D eigenvalue weighted by molar-refractivity contribution is -0.133. The molecule has 10 heteroatoms. The first-order chi connectivity index (χ1) is 14.6. The van der Waals surface area contributed by atoms with E-state index in [1.54, 1.807) is 26.2 Å². The van der Waals surface area contributed by atoms with E-state index in [4.69, 9.17) is 4.74 Å². The van der Waals surface area contributed by atoms with Crippen LogP contribution in [-0.2, 0) is 16.0 Å². The minimum atomic E-state index is -1.74. The van der Waals surface area contributed by atoms with Gasteiger partial charge in [-0.3, -0.25) is 14.5 Å². The molecular weight excluding hydrogens is 415 g/mol. The molecule has 1 aliphatic rings. The zero-order valence-corrected chi connectivity index (χ0v) is 16.8. The largest absolute Gasteiger partial charge is 0.497 e. The van der Waals surface area contributed by atoms with Gasteiger partial charge in [-0.05, 0) is 49.6 Å². The van der Waals surface area contributed by atoms with E-state index in [-0.39, 0.29) is 6.42 Å². The summed E-state index contributed by atoms with van der Waals surface area (Å²) < 4.78 is 45.1. The van der Waals surface area contributed by atoms with Gasteiger partial charge >= 0.3 is 6.03 Å². The minimum Gasteiger partial charge on any atom is -0.497 e. The first kappa shape index (κ1) is 22.1. The van der Waals surface area contributed by atoms with Gasteiger partial charge in [-0.25, -0.2) is 18.0 Å². The van der Waals surface area contributed by atoms with Gasteiger partial charge in [-0.15, -0.1) is 0 Å². The Labute approximate surface area is 176 Å². The Morgan fingerprint density at radius 2 is 1.77 bits per heavy atom. The number of rotatable bonds is 7. The third-order valence-electron chi connectivity index (χ3n) is 5.03. The summed E-state index contributed by atoms with van der Waals surface area (Å²) in [5, 5.41) is 4.61. The molecule has 0 radical (unpaired) electrons. The zero-order chi connectivity index (χ0) is 22.8. The topological polar surface area (TPSA) is 87.7 Å². The van der Waals surface area contributed by atoms with Crippen molar-refractivity contribution in [2.24, 2.45) is 0 Å². The van der Waals surface area contributed by atoms with Crippen LogP contribution in [0.1, 0.15) is 18.9 Å². The average molecular weight is 435 g/mol. The van der Waals surface area contributed by atoms with Crippen molar-refractivity contribution < 1.29 is 32.3 Å². The number of nitrogens with one attached hydrogen (secondary N) is 2. The smallest absolute Gasteiger partial charge is 0.325 e. The van der Waals surface area contributed by atoms with Crippen LogP contribution in [0.4, 0.5) is 23.7 Å². The highest BCUT2D eigenvalue weighted by Crippen LogP contribution is 2.25. The lowest BCUT2D eigenvalue weighted by atomic mass is 9.93. The third-order valence-corrected chi connectivity index (χ3v) is 5.03. The summed E-state index contributed by atoms with van der Waals surface area (Å²) in [7, 11) is 1.55. The molecule has 4 amide bonds. The standard InChI is InChI=1S/C21H20F3N3O4/c1-21(10-9-12-3-5-13(31-2)6-4-12)19(29)27(20(30)26-21)11-16(28)25-15-8-7-14(22)17(23)18(15)24/h3-8H,9-11H2,1-2H3,(H,25,28)(H,26,30). The number of urea groups is 1. The fourth-order valence-corrected chi connectivity index (χ4v) is 3.20. The molecule has 0 aliphatic carbocycles. The van der Waals surface area contributed by atoms with E-state index in [9.17, 15) is 27.6 Å². The predicted molar refractivity (Wildman–Crippen MR) is 105 cm³/mol. The van der Waals surface area contributed by atoms with Crippen LogP contribution in [0.15, 0.2) is 36.4 Å². The number of benzene rings is 2.